The molecule has 1 heterocycles. The highest BCUT2D eigenvalue weighted by Crippen LogP contribution is 2.16. The van der Waals surface area contributed by atoms with Crippen LogP contribution in [0.4, 0.5) is 10.1 Å². The Kier molecular flexibility index (Phi) is 4.60. The number of hydrogen-bond acceptors (Lipinski definition) is 3. The number of nitrogens with one attached hydrogen (secondary N) is 2. The fourth-order valence-electron chi connectivity index (χ4n) is 1.90. The summed E-state index contributed by atoms with van der Waals surface area (Å²) in [6.07, 6.45) is 0.389. The first-order chi connectivity index (χ1) is 8.65. The van der Waals surface area contributed by atoms with Gasteiger partial charge in [-0.25, -0.2) is 4.39 Å². The van der Waals surface area contributed by atoms with Gasteiger partial charge < -0.3 is 10.6 Å². The van der Waals surface area contributed by atoms with E-state index in [2.05, 4.69) is 10.6 Å². The Bertz CT molecular complexity index is 433. The lowest BCUT2D eigenvalue weighted by atomic mass is 10.2. The van der Waals surface area contributed by atoms with Gasteiger partial charge in [0.1, 0.15) is 5.82 Å². The minimum atomic E-state index is -0.380. The molecule has 0 radical (unpaired) electrons. The summed E-state index contributed by atoms with van der Waals surface area (Å²) in [7, 11) is 0. The van der Waals surface area contributed by atoms with E-state index >= 15 is 0 Å². The van der Waals surface area contributed by atoms with Crippen LogP contribution in [-0.2, 0) is 4.79 Å². The van der Waals surface area contributed by atoms with Crippen LogP contribution < -0.4 is 10.6 Å². The number of halogens is 1. The maximum atomic E-state index is 13.6. The first-order valence-corrected chi connectivity index (χ1v) is 7.18. The second-order valence-corrected chi connectivity index (χ2v) is 5.61. The van der Waals surface area contributed by atoms with Crippen LogP contribution in [0.15, 0.2) is 18.2 Å². The highest BCUT2D eigenvalue weighted by Gasteiger charge is 2.17. The standard InChI is InChI=1S/C13H17FN2OS/c1-9-2-3-12(11(14)6-9)16-13(17)7-10-8-18-5-4-15-10/h2-3,6,10,15H,4-5,7-8H2,1H3,(H,16,17). The highest BCUT2D eigenvalue weighted by atomic mass is 32.2. The van der Waals surface area contributed by atoms with Gasteiger partial charge in [0.15, 0.2) is 0 Å². The minimum absolute atomic E-state index is 0.141. The summed E-state index contributed by atoms with van der Waals surface area (Å²) in [4.78, 5) is 11.8. The lowest BCUT2D eigenvalue weighted by Crippen LogP contribution is -2.39. The van der Waals surface area contributed by atoms with Crippen molar-refractivity contribution in [3.8, 4) is 0 Å². The maximum Gasteiger partial charge on any atom is 0.226 e. The summed E-state index contributed by atoms with van der Waals surface area (Å²) >= 11 is 1.84. The zero-order valence-corrected chi connectivity index (χ0v) is 11.1. The van der Waals surface area contributed by atoms with Gasteiger partial charge in [-0.3, -0.25) is 4.79 Å². The van der Waals surface area contributed by atoms with Crippen LogP contribution in [0.3, 0.4) is 0 Å². The Morgan fingerprint density at radius 2 is 2.44 bits per heavy atom. The molecular weight excluding hydrogens is 251 g/mol. The summed E-state index contributed by atoms with van der Waals surface area (Å²) in [5.74, 6) is 1.50. The lowest BCUT2D eigenvalue weighted by molar-refractivity contribution is -0.116. The van der Waals surface area contributed by atoms with E-state index in [-0.39, 0.29) is 23.5 Å². The average Bonchev–Trinajstić information content (AvgIpc) is 2.34. The molecule has 0 bridgehead atoms. The molecule has 1 aromatic rings. The predicted octanol–water partition coefficient (Wildman–Crippen LogP) is 2.17. The number of thioether (sulfide) groups is 1. The molecule has 5 heteroatoms. The van der Waals surface area contributed by atoms with Gasteiger partial charge in [-0.1, -0.05) is 6.07 Å². The lowest BCUT2D eigenvalue weighted by Gasteiger charge is -2.22. The summed E-state index contributed by atoms with van der Waals surface area (Å²) in [6, 6.07) is 5.00. The van der Waals surface area contributed by atoms with Gasteiger partial charge in [0.05, 0.1) is 5.69 Å². The van der Waals surface area contributed by atoms with E-state index in [1.165, 1.54) is 6.07 Å². The molecule has 1 aliphatic rings. The molecule has 1 aliphatic heterocycles. The van der Waals surface area contributed by atoms with E-state index < -0.39 is 0 Å². The molecule has 1 saturated heterocycles. The topological polar surface area (TPSA) is 41.1 Å². The van der Waals surface area contributed by atoms with E-state index in [4.69, 9.17) is 0 Å². The average molecular weight is 268 g/mol. The minimum Gasteiger partial charge on any atom is -0.324 e. The molecule has 0 spiro atoms. The normalized spacial score (nSPS) is 19.6. The van der Waals surface area contributed by atoms with Crippen molar-refractivity contribution in [1.29, 1.82) is 0 Å². The molecular formula is C13H17FN2OS. The zero-order chi connectivity index (χ0) is 13.0. The van der Waals surface area contributed by atoms with Crippen molar-refractivity contribution in [2.45, 2.75) is 19.4 Å². The highest BCUT2D eigenvalue weighted by molar-refractivity contribution is 7.99. The van der Waals surface area contributed by atoms with Crippen LogP contribution in [0, 0.1) is 12.7 Å². The summed E-state index contributed by atoms with van der Waals surface area (Å²) in [5, 5.41) is 5.91. The van der Waals surface area contributed by atoms with Crippen LogP contribution in [0.2, 0.25) is 0 Å². The Morgan fingerprint density at radius 1 is 1.61 bits per heavy atom. The third kappa shape index (κ3) is 3.71. The fourth-order valence-corrected chi connectivity index (χ4v) is 2.85. The largest absolute Gasteiger partial charge is 0.324 e. The van der Waals surface area contributed by atoms with Crippen LogP contribution in [0.1, 0.15) is 12.0 Å². The molecule has 2 N–H and O–H groups in total. The van der Waals surface area contributed by atoms with Gasteiger partial charge >= 0.3 is 0 Å². The number of aryl methyl sites for hydroxylation is 1. The van der Waals surface area contributed by atoms with Crippen molar-refractivity contribution >= 4 is 23.4 Å². The third-order valence-electron chi connectivity index (χ3n) is 2.83. The van der Waals surface area contributed by atoms with Crippen LogP contribution in [0.25, 0.3) is 0 Å². The second-order valence-electron chi connectivity index (χ2n) is 4.46. The molecule has 0 aliphatic carbocycles. The van der Waals surface area contributed by atoms with Gasteiger partial charge in [0.25, 0.3) is 0 Å². The molecule has 18 heavy (non-hydrogen) atoms. The first-order valence-electron chi connectivity index (χ1n) is 6.02. The molecule has 3 nitrogen and oxygen atoms in total. The molecule has 1 fully saturated rings. The van der Waals surface area contributed by atoms with Crippen molar-refractivity contribution in [1.82, 2.24) is 5.32 Å². The number of carbonyl (C=O) groups excluding carboxylic acids is 1. The predicted molar refractivity (Wildman–Crippen MR) is 73.5 cm³/mol. The van der Waals surface area contributed by atoms with E-state index in [0.29, 0.717) is 6.42 Å². The number of amides is 1. The Morgan fingerprint density at radius 3 is 3.11 bits per heavy atom. The zero-order valence-electron chi connectivity index (χ0n) is 10.3. The molecule has 2 rings (SSSR count). The monoisotopic (exact) mass is 268 g/mol. The van der Waals surface area contributed by atoms with Crippen LogP contribution in [-0.4, -0.2) is 30.0 Å². The van der Waals surface area contributed by atoms with Crippen molar-refractivity contribution < 1.29 is 9.18 Å². The number of anilines is 1. The number of carbonyl (C=O) groups is 1. The molecule has 98 valence electrons. The van der Waals surface area contributed by atoms with E-state index in [0.717, 1.165) is 23.6 Å². The quantitative estimate of drug-likeness (QED) is 0.882. The number of hydrogen-bond donors (Lipinski definition) is 2. The van der Waals surface area contributed by atoms with E-state index in [1.807, 2.05) is 18.7 Å². The van der Waals surface area contributed by atoms with Gasteiger partial charge in [-0.2, -0.15) is 11.8 Å². The smallest absolute Gasteiger partial charge is 0.226 e. The van der Waals surface area contributed by atoms with Gasteiger partial charge in [-0.15, -0.1) is 0 Å². The van der Waals surface area contributed by atoms with Crippen LogP contribution in [0.5, 0.6) is 0 Å². The molecule has 1 aromatic carbocycles. The molecule has 0 saturated carbocycles. The Balaban J connectivity index is 1.90. The molecule has 1 amide bonds. The van der Waals surface area contributed by atoms with Crippen molar-refractivity contribution in [2.75, 3.05) is 23.4 Å². The van der Waals surface area contributed by atoms with E-state index in [9.17, 15) is 9.18 Å². The molecule has 1 atom stereocenters. The molecule has 1 unspecified atom stereocenters. The fraction of sp³-hybridized carbons (Fsp3) is 0.462. The Labute approximate surface area is 111 Å². The van der Waals surface area contributed by atoms with Gasteiger partial charge in [0, 0.05) is 30.5 Å². The van der Waals surface area contributed by atoms with Crippen molar-refractivity contribution in [3.05, 3.63) is 29.6 Å². The molecule has 0 aromatic heterocycles. The summed E-state index contributed by atoms with van der Waals surface area (Å²) in [5.41, 5.74) is 1.10. The second kappa shape index (κ2) is 6.20. The number of rotatable bonds is 3. The third-order valence-corrected chi connectivity index (χ3v) is 3.96. The Hall–Kier alpha value is -1.07. The van der Waals surface area contributed by atoms with Crippen molar-refractivity contribution in [3.63, 3.8) is 0 Å². The van der Waals surface area contributed by atoms with Crippen molar-refractivity contribution in [2.24, 2.45) is 0 Å². The van der Waals surface area contributed by atoms with Gasteiger partial charge in [-0.05, 0) is 24.6 Å². The summed E-state index contributed by atoms with van der Waals surface area (Å²) < 4.78 is 13.6. The number of benzene rings is 1. The van der Waals surface area contributed by atoms with Crippen LogP contribution >= 0.6 is 11.8 Å². The van der Waals surface area contributed by atoms with Gasteiger partial charge in [0.2, 0.25) is 5.91 Å². The SMILES string of the molecule is Cc1ccc(NC(=O)CC2CSCCN2)c(F)c1. The maximum absolute atomic E-state index is 13.6. The summed E-state index contributed by atoms with van der Waals surface area (Å²) in [6.45, 7) is 2.75. The first kappa shape index (κ1) is 13.4. The van der Waals surface area contributed by atoms with E-state index in [1.54, 1.807) is 12.1 Å².